The average Bonchev–Trinajstić information content (AvgIpc) is 2.29. The lowest BCUT2D eigenvalue weighted by Crippen LogP contribution is -2.30. The minimum absolute atomic E-state index is 0.0247. The number of nitrogens with one attached hydrogen (secondary N) is 1. The van der Waals surface area contributed by atoms with Gasteiger partial charge in [-0.1, -0.05) is 11.6 Å². The van der Waals surface area contributed by atoms with Gasteiger partial charge in [0.1, 0.15) is 0 Å². The zero-order chi connectivity index (χ0) is 13.8. The van der Waals surface area contributed by atoms with Crippen LogP contribution in [0.5, 0.6) is 0 Å². The Bertz CT molecular complexity index is 514. The first-order valence-corrected chi connectivity index (χ1v) is 6.85. The second kappa shape index (κ2) is 6.14. The number of halogens is 1. The summed E-state index contributed by atoms with van der Waals surface area (Å²) in [5, 5.41) is 17.8. The van der Waals surface area contributed by atoms with Gasteiger partial charge in [-0.15, -0.1) is 0 Å². The molecule has 3 N–H and O–H groups in total. The van der Waals surface area contributed by atoms with E-state index < -0.39 is 22.1 Å². The van der Waals surface area contributed by atoms with E-state index in [1.54, 1.807) is 0 Å². The van der Waals surface area contributed by atoms with Crippen LogP contribution in [0.25, 0.3) is 0 Å². The number of aliphatic hydroxyl groups excluding tert-OH is 1. The number of aliphatic hydroxyl groups is 1. The van der Waals surface area contributed by atoms with Crippen LogP contribution in [0.15, 0.2) is 29.2 Å². The molecule has 0 aliphatic rings. The van der Waals surface area contributed by atoms with E-state index in [1.807, 2.05) is 0 Å². The fourth-order valence-corrected chi connectivity index (χ4v) is 2.32. The minimum atomic E-state index is -3.71. The third kappa shape index (κ3) is 4.26. The van der Waals surface area contributed by atoms with Gasteiger partial charge in [0.05, 0.1) is 4.90 Å². The summed E-state index contributed by atoms with van der Waals surface area (Å²) >= 11 is 5.63. The number of carboxylic acids is 1. The first-order valence-electron chi connectivity index (χ1n) is 4.99. The quantitative estimate of drug-likeness (QED) is 0.707. The van der Waals surface area contributed by atoms with Gasteiger partial charge in [0.25, 0.3) is 0 Å². The molecule has 0 aliphatic heterocycles. The van der Waals surface area contributed by atoms with Gasteiger partial charge in [0.2, 0.25) is 10.0 Å². The smallest absolute Gasteiger partial charge is 0.332 e. The minimum Gasteiger partial charge on any atom is -0.479 e. The van der Waals surface area contributed by atoms with Crippen LogP contribution in [-0.2, 0) is 14.8 Å². The van der Waals surface area contributed by atoms with Crippen molar-refractivity contribution in [3.63, 3.8) is 0 Å². The van der Waals surface area contributed by atoms with E-state index in [1.165, 1.54) is 24.3 Å². The zero-order valence-corrected chi connectivity index (χ0v) is 10.8. The molecule has 0 spiro atoms. The molecule has 0 aliphatic carbocycles. The fourth-order valence-electron chi connectivity index (χ4n) is 1.15. The van der Waals surface area contributed by atoms with Crippen molar-refractivity contribution in [3.05, 3.63) is 29.3 Å². The summed E-state index contributed by atoms with van der Waals surface area (Å²) in [7, 11) is -3.71. The topological polar surface area (TPSA) is 104 Å². The van der Waals surface area contributed by atoms with E-state index in [9.17, 15) is 13.2 Å². The molecular weight excluding hydrogens is 282 g/mol. The average molecular weight is 294 g/mol. The van der Waals surface area contributed by atoms with E-state index in [2.05, 4.69) is 4.72 Å². The molecule has 100 valence electrons. The Morgan fingerprint density at radius 1 is 1.33 bits per heavy atom. The molecule has 18 heavy (non-hydrogen) atoms. The van der Waals surface area contributed by atoms with Crippen molar-refractivity contribution >= 4 is 27.6 Å². The van der Waals surface area contributed by atoms with Crippen molar-refractivity contribution in [1.29, 1.82) is 0 Å². The molecule has 0 heterocycles. The van der Waals surface area contributed by atoms with Crippen LogP contribution >= 0.6 is 11.6 Å². The van der Waals surface area contributed by atoms with Crippen molar-refractivity contribution in [2.24, 2.45) is 0 Å². The van der Waals surface area contributed by atoms with Gasteiger partial charge in [-0.3, -0.25) is 0 Å². The maximum atomic E-state index is 11.7. The summed E-state index contributed by atoms with van der Waals surface area (Å²) in [6.45, 7) is -0.168. The molecule has 0 radical (unpaired) electrons. The molecule has 0 fully saturated rings. The predicted molar refractivity (Wildman–Crippen MR) is 64.9 cm³/mol. The lowest BCUT2D eigenvalue weighted by molar-refractivity contribution is -0.146. The molecule has 0 aromatic heterocycles. The maximum absolute atomic E-state index is 11.7. The Labute approximate surface area is 109 Å². The van der Waals surface area contributed by atoms with E-state index >= 15 is 0 Å². The van der Waals surface area contributed by atoms with Crippen LogP contribution < -0.4 is 4.72 Å². The molecule has 1 aromatic carbocycles. The zero-order valence-electron chi connectivity index (χ0n) is 9.21. The first-order chi connectivity index (χ1) is 8.33. The summed E-state index contributed by atoms with van der Waals surface area (Å²) < 4.78 is 25.6. The molecule has 0 bridgehead atoms. The Kier molecular flexibility index (Phi) is 5.09. The highest BCUT2D eigenvalue weighted by Gasteiger charge is 2.16. The van der Waals surface area contributed by atoms with Crippen molar-refractivity contribution in [2.45, 2.75) is 17.4 Å². The molecule has 1 aromatic rings. The van der Waals surface area contributed by atoms with Crippen LogP contribution in [0.1, 0.15) is 6.42 Å². The Balaban J connectivity index is 2.60. The summed E-state index contributed by atoms with van der Waals surface area (Å²) in [6.07, 6.45) is -1.79. The van der Waals surface area contributed by atoms with Gasteiger partial charge in [0.15, 0.2) is 6.10 Å². The molecule has 1 rings (SSSR count). The number of hydrogen-bond acceptors (Lipinski definition) is 4. The van der Waals surface area contributed by atoms with Crippen LogP contribution in [0.3, 0.4) is 0 Å². The van der Waals surface area contributed by atoms with Crippen LogP contribution in [0, 0.1) is 0 Å². The summed E-state index contributed by atoms with van der Waals surface area (Å²) in [4.78, 5) is 10.3. The molecule has 1 unspecified atom stereocenters. The first kappa shape index (κ1) is 14.9. The van der Waals surface area contributed by atoms with Crippen LogP contribution in [-0.4, -0.2) is 37.2 Å². The highest BCUT2D eigenvalue weighted by Crippen LogP contribution is 2.13. The van der Waals surface area contributed by atoms with Gasteiger partial charge < -0.3 is 10.2 Å². The third-order valence-corrected chi connectivity index (χ3v) is 3.85. The molecule has 0 saturated heterocycles. The van der Waals surface area contributed by atoms with E-state index in [4.69, 9.17) is 21.8 Å². The normalized spacial score (nSPS) is 13.2. The van der Waals surface area contributed by atoms with Gasteiger partial charge in [-0.05, 0) is 30.7 Å². The molecule has 0 saturated carbocycles. The number of benzene rings is 1. The summed E-state index contributed by atoms with van der Waals surface area (Å²) in [5.41, 5.74) is 0. The SMILES string of the molecule is O=C(O)C(O)CCNS(=O)(=O)c1ccc(Cl)cc1. The molecule has 6 nitrogen and oxygen atoms in total. The predicted octanol–water partition coefficient (Wildman–Crippen LogP) is 0.454. The fraction of sp³-hybridized carbons (Fsp3) is 0.300. The largest absolute Gasteiger partial charge is 0.479 e. The number of rotatable bonds is 6. The molecule has 8 heteroatoms. The van der Waals surface area contributed by atoms with Gasteiger partial charge in [-0.25, -0.2) is 17.9 Å². The van der Waals surface area contributed by atoms with Crippen LogP contribution in [0.2, 0.25) is 5.02 Å². The standard InChI is InChI=1S/C10H12ClNO5S/c11-7-1-3-8(4-2-7)18(16,17)12-6-5-9(13)10(14)15/h1-4,9,12-13H,5-6H2,(H,14,15). The van der Waals surface area contributed by atoms with Gasteiger partial charge >= 0.3 is 5.97 Å². The number of carbonyl (C=O) groups is 1. The monoisotopic (exact) mass is 293 g/mol. The van der Waals surface area contributed by atoms with Crippen molar-refractivity contribution in [1.82, 2.24) is 4.72 Å². The lowest BCUT2D eigenvalue weighted by Gasteiger charge is -2.08. The number of carboxylic acid groups (broad SMARTS) is 1. The van der Waals surface area contributed by atoms with E-state index in [-0.39, 0.29) is 17.9 Å². The Morgan fingerprint density at radius 2 is 1.89 bits per heavy atom. The van der Waals surface area contributed by atoms with Crippen molar-refractivity contribution < 1.29 is 23.4 Å². The van der Waals surface area contributed by atoms with E-state index in [0.717, 1.165) is 0 Å². The molecular formula is C10H12ClNO5S. The van der Waals surface area contributed by atoms with Gasteiger partial charge in [-0.2, -0.15) is 0 Å². The van der Waals surface area contributed by atoms with Crippen molar-refractivity contribution in [2.75, 3.05) is 6.54 Å². The molecule has 0 amide bonds. The number of sulfonamides is 1. The van der Waals surface area contributed by atoms with E-state index in [0.29, 0.717) is 5.02 Å². The number of hydrogen-bond donors (Lipinski definition) is 3. The maximum Gasteiger partial charge on any atom is 0.332 e. The summed E-state index contributed by atoms with van der Waals surface area (Å²) in [6, 6.07) is 5.53. The Hall–Kier alpha value is -1.15. The highest BCUT2D eigenvalue weighted by molar-refractivity contribution is 7.89. The second-order valence-corrected chi connectivity index (χ2v) is 5.70. The number of aliphatic carboxylic acids is 1. The lowest BCUT2D eigenvalue weighted by atomic mass is 10.3. The summed E-state index contributed by atoms with van der Waals surface area (Å²) in [5.74, 6) is -1.39. The second-order valence-electron chi connectivity index (χ2n) is 3.49. The molecule has 1 atom stereocenters. The van der Waals surface area contributed by atoms with Gasteiger partial charge in [0, 0.05) is 11.6 Å². The van der Waals surface area contributed by atoms with Crippen molar-refractivity contribution in [3.8, 4) is 0 Å². The Morgan fingerprint density at radius 3 is 2.39 bits per heavy atom. The highest BCUT2D eigenvalue weighted by atomic mass is 35.5. The van der Waals surface area contributed by atoms with Crippen LogP contribution in [0.4, 0.5) is 0 Å². The third-order valence-electron chi connectivity index (χ3n) is 2.12.